The average molecular weight is 354 g/mol. The summed E-state index contributed by atoms with van der Waals surface area (Å²) in [5.74, 6) is -0.00215. The number of benzene rings is 2. The summed E-state index contributed by atoms with van der Waals surface area (Å²) in [7, 11) is 1.87. The number of halogens is 1. The maximum Gasteiger partial charge on any atom is 0.221 e. The molecule has 1 N–H and O–H groups in total. The summed E-state index contributed by atoms with van der Waals surface area (Å²) in [6, 6.07) is 17.3. The van der Waals surface area contributed by atoms with E-state index in [0.29, 0.717) is 17.9 Å². The monoisotopic (exact) mass is 353 g/mol. The maximum absolute atomic E-state index is 12.5. The molecule has 0 radical (unpaired) electrons. The van der Waals surface area contributed by atoms with Crippen LogP contribution >= 0.6 is 11.6 Å². The second-order valence-electron chi connectivity index (χ2n) is 5.99. The molecule has 0 saturated carbocycles. The molecule has 128 valence electrons. The molecule has 0 spiro atoms. The predicted molar refractivity (Wildman–Crippen MR) is 99.4 cm³/mol. The number of carbonyl (C=O) groups excluding carboxylic acids is 1. The molecule has 25 heavy (non-hydrogen) atoms. The first kappa shape index (κ1) is 17.2. The van der Waals surface area contributed by atoms with Gasteiger partial charge >= 0.3 is 0 Å². The van der Waals surface area contributed by atoms with Crippen LogP contribution in [0.25, 0.3) is 0 Å². The number of nitrogens with zero attached hydrogens (tertiary/aromatic N) is 2. The minimum Gasteiger partial charge on any atom is -0.345 e. The zero-order chi connectivity index (χ0) is 17.6. The lowest BCUT2D eigenvalue weighted by Crippen LogP contribution is -2.29. The predicted octanol–water partition coefficient (Wildman–Crippen LogP) is 3.91. The molecule has 0 fully saturated rings. The minimum absolute atomic E-state index is 0.00215. The molecule has 1 amide bonds. The Kier molecular flexibility index (Phi) is 5.51. The fourth-order valence-corrected chi connectivity index (χ4v) is 2.98. The number of carbonyl (C=O) groups is 1. The van der Waals surface area contributed by atoms with Crippen LogP contribution in [-0.2, 0) is 18.3 Å². The zero-order valence-corrected chi connectivity index (χ0v) is 14.8. The van der Waals surface area contributed by atoms with E-state index in [4.69, 9.17) is 11.6 Å². The average Bonchev–Trinajstić information content (AvgIpc) is 3.04. The molecule has 0 aliphatic rings. The van der Waals surface area contributed by atoms with E-state index in [2.05, 4.69) is 10.4 Å². The molecule has 1 heterocycles. The number of nitrogens with one attached hydrogen (secondary N) is 1. The quantitative estimate of drug-likeness (QED) is 0.730. The van der Waals surface area contributed by atoms with Crippen molar-refractivity contribution in [3.8, 4) is 0 Å². The first-order chi connectivity index (χ1) is 12.1. The van der Waals surface area contributed by atoms with Gasteiger partial charge in [0.05, 0.1) is 12.2 Å². The smallest absolute Gasteiger partial charge is 0.221 e. The van der Waals surface area contributed by atoms with Gasteiger partial charge in [0.15, 0.2) is 0 Å². The Morgan fingerprint density at radius 2 is 1.92 bits per heavy atom. The normalized spacial score (nSPS) is 11.9. The highest BCUT2D eigenvalue weighted by Gasteiger charge is 2.17. The molecule has 0 unspecified atom stereocenters. The Morgan fingerprint density at radius 1 is 1.16 bits per heavy atom. The van der Waals surface area contributed by atoms with Crippen LogP contribution in [0.4, 0.5) is 0 Å². The third-order valence-electron chi connectivity index (χ3n) is 4.02. The van der Waals surface area contributed by atoms with Gasteiger partial charge in [-0.2, -0.15) is 5.10 Å². The number of hydrogen-bond acceptors (Lipinski definition) is 2. The summed E-state index contributed by atoms with van der Waals surface area (Å²) in [6.07, 6.45) is 4.80. The lowest BCUT2D eigenvalue weighted by Gasteiger charge is -2.20. The molecule has 0 aliphatic carbocycles. The van der Waals surface area contributed by atoms with Gasteiger partial charge < -0.3 is 5.32 Å². The molecular formula is C20H20ClN3O. The highest BCUT2D eigenvalue weighted by Crippen LogP contribution is 2.24. The maximum atomic E-state index is 12.5. The fourth-order valence-electron chi connectivity index (χ4n) is 2.78. The van der Waals surface area contributed by atoms with Crippen LogP contribution in [0.1, 0.15) is 29.2 Å². The molecule has 3 aromatic rings. The van der Waals surface area contributed by atoms with Crippen LogP contribution in [0, 0.1) is 0 Å². The second-order valence-corrected chi connectivity index (χ2v) is 6.42. The van der Waals surface area contributed by atoms with Gasteiger partial charge in [0.2, 0.25) is 5.91 Å². The van der Waals surface area contributed by atoms with Gasteiger partial charge in [-0.3, -0.25) is 9.48 Å². The molecule has 2 aromatic carbocycles. The topological polar surface area (TPSA) is 46.9 Å². The third kappa shape index (κ3) is 4.70. The van der Waals surface area contributed by atoms with Crippen LogP contribution in [0.5, 0.6) is 0 Å². The Hall–Kier alpha value is -2.59. The highest BCUT2D eigenvalue weighted by atomic mass is 35.5. The Bertz CT molecular complexity index is 845. The van der Waals surface area contributed by atoms with Crippen molar-refractivity contribution in [2.24, 2.45) is 7.05 Å². The van der Waals surface area contributed by atoms with E-state index in [9.17, 15) is 4.79 Å². The van der Waals surface area contributed by atoms with E-state index >= 15 is 0 Å². The largest absolute Gasteiger partial charge is 0.345 e. The van der Waals surface area contributed by atoms with Gasteiger partial charge in [0.1, 0.15) is 0 Å². The number of aryl methyl sites for hydroxylation is 2. The van der Waals surface area contributed by atoms with E-state index in [1.54, 1.807) is 10.9 Å². The Balaban J connectivity index is 1.74. The van der Waals surface area contributed by atoms with Crippen LogP contribution < -0.4 is 5.32 Å². The molecule has 0 saturated heterocycles. The van der Waals surface area contributed by atoms with Crippen molar-refractivity contribution < 1.29 is 4.79 Å². The standard InChI is InChI=1S/C20H20ClN3O/c1-24-14-15(13-22-24)10-11-19(25)23-20(16-6-3-2-4-7-16)17-8-5-9-18(21)12-17/h2-9,12-14,20H,10-11H2,1H3,(H,23,25)/t20-/m1/s1. The van der Waals surface area contributed by atoms with Crippen molar-refractivity contribution in [2.75, 3.05) is 0 Å². The molecule has 0 bridgehead atoms. The van der Waals surface area contributed by atoms with E-state index in [1.807, 2.05) is 67.8 Å². The zero-order valence-electron chi connectivity index (χ0n) is 14.0. The molecular weight excluding hydrogens is 334 g/mol. The van der Waals surface area contributed by atoms with E-state index in [0.717, 1.165) is 16.7 Å². The van der Waals surface area contributed by atoms with Crippen molar-refractivity contribution in [1.29, 1.82) is 0 Å². The van der Waals surface area contributed by atoms with E-state index in [-0.39, 0.29) is 11.9 Å². The molecule has 4 nitrogen and oxygen atoms in total. The summed E-state index contributed by atoms with van der Waals surface area (Å²) in [5, 5.41) is 7.92. The highest BCUT2D eigenvalue weighted by molar-refractivity contribution is 6.30. The van der Waals surface area contributed by atoms with Crippen molar-refractivity contribution in [2.45, 2.75) is 18.9 Å². The Morgan fingerprint density at radius 3 is 2.60 bits per heavy atom. The minimum atomic E-state index is -0.221. The van der Waals surface area contributed by atoms with Crippen LogP contribution in [0.2, 0.25) is 5.02 Å². The first-order valence-corrected chi connectivity index (χ1v) is 8.57. The lowest BCUT2D eigenvalue weighted by atomic mass is 9.98. The van der Waals surface area contributed by atoms with Crippen LogP contribution in [0.15, 0.2) is 67.0 Å². The van der Waals surface area contributed by atoms with Gasteiger partial charge in [0, 0.05) is 24.7 Å². The summed E-state index contributed by atoms with van der Waals surface area (Å²) < 4.78 is 1.74. The SMILES string of the molecule is Cn1cc(CCC(=O)N[C@H](c2ccccc2)c2cccc(Cl)c2)cn1. The number of hydrogen-bond donors (Lipinski definition) is 1. The van der Waals surface area contributed by atoms with Gasteiger partial charge in [-0.1, -0.05) is 54.1 Å². The number of rotatable bonds is 6. The number of amides is 1. The molecule has 1 atom stereocenters. The van der Waals surface area contributed by atoms with Crippen molar-refractivity contribution in [3.05, 3.63) is 88.7 Å². The number of aromatic nitrogens is 2. The summed E-state index contributed by atoms with van der Waals surface area (Å²) in [4.78, 5) is 12.5. The van der Waals surface area contributed by atoms with Crippen LogP contribution in [0.3, 0.4) is 0 Å². The first-order valence-electron chi connectivity index (χ1n) is 8.19. The van der Waals surface area contributed by atoms with Gasteiger partial charge in [-0.25, -0.2) is 0 Å². The fraction of sp³-hybridized carbons (Fsp3) is 0.200. The van der Waals surface area contributed by atoms with Gasteiger partial charge in [-0.05, 0) is 35.2 Å². The molecule has 0 aliphatic heterocycles. The molecule has 3 rings (SSSR count). The second kappa shape index (κ2) is 7.99. The summed E-state index contributed by atoms with van der Waals surface area (Å²) in [6.45, 7) is 0. The molecule has 1 aromatic heterocycles. The summed E-state index contributed by atoms with van der Waals surface area (Å²) in [5.41, 5.74) is 3.05. The summed E-state index contributed by atoms with van der Waals surface area (Å²) >= 11 is 6.13. The van der Waals surface area contributed by atoms with E-state index < -0.39 is 0 Å². The van der Waals surface area contributed by atoms with Crippen molar-refractivity contribution in [3.63, 3.8) is 0 Å². The van der Waals surface area contributed by atoms with Gasteiger partial charge in [-0.15, -0.1) is 0 Å². The van der Waals surface area contributed by atoms with Gasteiger partial charge in [0.25, 0.3) is 0 Å². The Labute approximate surface area is 152 Å². The lowest BCUT2D eigenvalue weighted by molar-refractivity contribution is -0.121. The van der Waals surface area contributed by atoms with Crippen molar-refractivity contribution in [1.82, 2.24) is 15.1 Å². The molecule has 5 heteroatoms. The van der Waals surface area contributed by atoms with Crippen LogP contribution in [-0.4, -0.2) is 15.7 Å². The van der Waals surface area contributed by atoms with E-state index in [1.165, 1.54) is 0 Å². The van der Waals surface area contributed by atoms with Crippen molar-refractivity contribution >= 4 is 17.5 Å². The third-order valence-corrected chi connectivity index (χ3v) is 4.25.